The molecular weight excluding hydrogens is 534 g/mol. The minimum atomic E-state index is -3.28. The van der Waals surface area contributed by atoms with Crippen molar-refractivity contribution in [2.75, 3.05) is 39.6 Å². The van der Waals surface area contributed by atoms with Crippen LogP contribution in [0, 0.1) is 0 Å². The summed E-state index contributed by atoms with van der Waals surface area (Å²) in [6, 6.07) is 24.4. The van der Waals surface area contributed by atoms with E-state index < -0.39 is 9.84 Å². The zero-order chi connectivity index (χ0) is 26.5. The second-order valence-corrected chi connectivity index (χ2v) is 11.7. The molecule has 1 saturated heterocycles. The Labute approximate surface area is 236 Å². The van der Waals surface area contributed by atoms with Crippen molar-refractivity contribution in [1.82, 2.24) is 4.90 Å². The van der Waals surface area contributed by atoms with Gasteiger partial charge in [-0.1, -0.05) is 24.6 Å². The quantitative estimate of drug-likeness (QED) is 0.217. The molecule has 0 saturated carbocycles. The van der Waals surface area contributed by atoms with E-state index >= 15 is 0 Å². The normalized spacial score (nSPS) is 14.0. The highest BCUT2D eigenvalue weighted by Gasteiger charge is 2.15. The van der Waals surface area contributed by atoms with Crippen LogP contribution in [-0.4, -0.2) is 52.9 Å². The number of likely N-dealkylation sites (tertiary alicyclic amines) is 1. The fourth-order valence-electron chi connectivity index (χ4n) is 4.82. The number of methoxy groups -OCH3 is 1. The first-order chi connectivity index (χ1) is 18.4. The molecule has 4 aromatic rings. The number of fused-ring (bicyclic) bond motifs is 1. The number of ether oxygens (including phenoxy) is 3. The summed E-state index contributed by atoms with van der Waals surface area (Å²) in [4.78, 5) is 2.74. The monoisotopic (exact) mass is 567 g/mol. The molecule has 0 radical (unpaired) electrons. The Kier molecular flexibility index (Phi) is 9.38. The molecule has 4 aromatic carbocycles. The van der Waals surface area contributed by atoms with Crippen LogP contribution in [0.5, 0.6) is 23.0 Å². The highest BCUT2D eigenvalue weighted by Crippen LogP contribution is 2.41. The van der Waals surface area contributed by atoms with Gasteiger partial charge in [-0.2, -0.15) is 0 Å². The van der Waals surface area contributed by atoms with E-state index in [0.29, 0.717) is 18.1 Å². The Morgan fingerprint density at radius 2 is 1.46 bits per heavy atom. The van der Waals surface area contributed by atoms with Crippen LogP contribution < -0.4 is 14.2 Å². The van der Waals surface area contributed by atoms with Gasteiger partial charge in [0.2, 0.25) is 0 Å². The molecule has 0 unspecified atom stereocenters. The van der Waals surface area contributed by atoms with Gasteiger partial charge in [0.05, 0.1) is 12.0 Å². The van der Waals surface area contributed by atoms with Crippen LogP contribution in [0.2, 0.25) is 0 Å². The highest BCUT2D eigenvalue weighted by molar-refractivity contribution is 7.90. The average molecular weight is 568 g/mol. The van der Waals surface area contributed by atoms with E-state index in [9.17, 15) is 8.42 Å². The number of benzene rings is 4. The van der Waals surface area contributed by atoms with Gasteiger partial charge < -0.3 is 14.2 Å². The van der Waals surface area contributed by atoms with Gasteiger partial charge in [0.25, 0.3) is 0 Å². The second-order valence-electron chi connectivity index (χ2n) is 9.65. The molecule has 1 fully saturated rings. The summed E-state index contributed by atoms with van der Waals surface area (Å²) in [5.41, 5.74) is 1.73. The van der Waals surface area contributed by atoms with Crippen molar-refractivity contribution in [3.63, 3.8) is 0 Å². The first-order valence-corrected chi connectivity index (χ1v) is 14.8. The Balaban J connectivity index is 0.00000353. The van der Waals surface area contributed by atoms with E-state index in [2.05, 4.69) is 4.90 Å². The van der Waals surface area contributed by atoms with Crippen molar-refractivity contribution < 1.29 is 22.6 Å². The standard InChI is InChI=1S/C31H33NO5S.ClH/c1-35-27-13-17-30-24(22-27)8-16-29(23-6-14-28(15-7-23)38(2,33)34)31(30)37-26-11-9-25(10-12-26)36-21-20-32-18-4-3-5-19-32;/h6-17,22H,3-5,18-21H2,1-2H3;1H. The van der Waals surface area contributed by atoms with E-state index in [1.807, 2.05) is 66.7 Å². The summed E-state index contributed by atoms with van der Waals surface area (Å²) in [6.45, 7) is 3.93. The maximum Gasteiger partial charge on any atom is 0.175 e. The number of halogens is 1. The van der Waals surface area contributed by atoms with Gasteiger partial charge in [0, 0.05) is 23.8 Å². The lowest BCUT2D eigenvalue weighted by Gasteiger charge is -2.26. The molecule has 0 spiro atoms. The maximum absolute atomic E-state index is 11.9. The average Bonchev–Trinajstić information content (AvgIpc) is 2.94. The molecule has 8 heteroatoms. The first-order valence-electron chi connectivity index (χ1n) is 12.9. The van der Waals surface area contributed by atoms with Crippen molar-refractivity contribution in [1.29, 1.82) is 0 Å². The predicted octanol–water partition coefficient (Wildman–Crippen LogP) is 7.00. The van der Waals surface area contributed by atoms with Crippen LogP contribution in [-0.2, 0) is 9.84 Å². The molecule has 1 aliphatic rings. The third-order valence-electron chi connectivity index (χ3n) is 6.94. The third-order valence-corrected chi connectivity index (χ3v) is 8.07. The topological polar surface area (TPSA) is 65.1 Å². The fourth-order valence-corrected chi connectivity index (χ4v) is 5.45. The molecular formula is C31H34ClNO5S. The predicted molar refractivity (Wildman–Crippen MR) is 159 cm³/mol. The number of sulfone groups is 1. The lowest BCUT2D eigenvalue weighted by Crippen LogP contribution is -2.33. The van der Waals surface area contributed by atoms with Gasteiger partial charge in [-0.25, -0.2) is 8.42 Å². The fraction of sp³-hybridized carbons (Fsp3) is 0.290. The molecule has 0 aliphatic carbocycles. The van der Waals surface area contributed by atoms with E-state index in [1.165, 1.54) is 25.5 Å². The lowest BCUT2D eigenvalue weighted by molar-refractivity contribution is 0.183. The number of hydrogen-bond donors (Lipinski definition) is 0. The Bertz CT molecular complexity index is 1500. The van der Waals surface area contributed by atoms with Crippen molar-refractivity contribution in [3.8, 4) is 34.1 Å². The van der Waals surface area contributed by atoms with Gasteiger partial charge >= 0.3 is 0 Å². The summed E-state index contributed by atoms with van der Waals surface area (Å²) in [5, 5.41) is 1.91. The van der Waals surface area contributed by atoms with Crippen LogP contribution in [0.1, 0.15) is 19.3 Å². The van der Waals surface area contributed by atoms with Crippen molar-refractivity contribution in [2.45, 2.75) is 24.2 Å². The van der Waals surface area contributed by atoms with Gasteiger partial charge in [-0.3, -0.25) is 4.90 Å². The second kappa shape index (κ2) is 12.7. The molecule has 6 nitrogen and oxygen atoms in total. The van der Waals surface area contributed by atoms with Gasteiger partial charge in [-0.05, 0) is 97.5 Å². The summed E-state index contributed by atoms with van der Waals surface area (Å²) in [7, 11) is -1.63. The summed E-state index contributed by atoms with van der Waals surface area (Å²) >= 11 is 0. The summed E-state index contributed by atoms with van der Waals surface area (Å²) in [5.74, 6) is 2.95. The molecule has 206 valence electrons. The number of piperidine rings is 1. The Morgan fingerprint density at radius 1 is 0.795 bits per heavy atom. The largest absolute Gasteiger partial charge is 0.497 e. The van der Waals surface area contributed by atoms with Crippen LogP contribution in [0.3, 0.4) is 0 Å². The zero-order valence-electron chi connectivity index (χ0n) is 22.3. The van der Waals surface area contributed by atoms with Crippen molar-refractivity contribution >= 4 is 33.0 Å². The highest BCUT2D eigenvalue weighted by atomic mass is 35.5. The molecule has 5 rings (SSSR count). The molecule has 39 heavy (non-hydrogen) atoms. The van der Waals surface area contributed by atoms with Crippen LogP contribution in [0.4, 0.5) is 0 Å². The minimum absolute atomic E-state index is 0. The van der Waals surface area contributed by atoms with Crippen LogP contribution >= 0.6 is 12.4 Å². The third kappa shape index (κ3) is 7.04. The summed E-state index contributed by atoms with van der Waals surface area (Å²) < 4.78 is 41.8. The van der Waals surface area contributed by atoms with Crippen molar-refractivity contribution in [2.24, 2.45) is 0 Å². The van der Waals surface area contributed by atoms with Gasteiger partial charge in [0.1, 0.15) is 29.6 Å². The molecule has 0 bridgehead atoms. The minimum Gasteiger partial charge on any atom is -0.497 e. The Morgan fingerprint density at radius 3 is 2.13 bits per heavy atom. The first kappa shape index (κ1) is 28.7. The zero-order valence-corrected chi connectivity index (χ0v) is 23.9. The van der Waals surface area contributed by atoms with E-state index in [1.54, 1.807) is 19.2 Å². The molecule has 1 heterocycles. The summed E-state index contributed by atoms with van der Waals surface area (Å²) in [6.07, 6.45) is 5.09. The molecule has 0 atom stereocenters. The maximum atomic E-state index is 11.9. The smallest absolute Gasteiger partial charge is 0.175 e. The van der Waals surface area contributed by atoms with Crippen molar-refractivity contribution in [3.05, 3.63) is 78.9 Å². The molecule has 1 aliphatic heterocycles. The number of rotatable bonds is 9. The van der Waals surface area contributed by atoms with Crippen LogP contribution in [0.25, 0.3) is 21.9 Å². The SMILES string of the molecule is COc1ccc2c(Oc3ccc(OCCN4CCCCC4)cc3)c(-c3ccc(S(C)(=O)=O)cc3)ccc2c1.Cl. The van der Waals surface area contributed by atoms with Gasteiger partial charge in [-0.15, -0.1) is 12.4 Å². The molecule has 0 aromatic heterocycles. The van der Waals surface area contributed by atoms with Crippen LogP contribution in [0.15, 0.2) is 83.8 Å². The lowest BCUT2D eigenvalue weighted by atomic mass is 9.99. The number of nitrogens with zero attached hydrogens (tertiary/aromatic N) is 1. The Hall–Kier alpha value is -3.26. The number of hydrogen-bond acceptors (Lipinski definition) is 6. The molecule has 0 amide bonds. The van der Waals surface area contributed by atoms with Gasteiger partial charge in [0.15, 0.2) is 9.84 Å². The van der Waals surface area contributed by atoms with E-state index in [0.717, 1.165) is 53.0 Å². The molecule has 0 N–H and O–H groups in total. The van der Waals surface area contributed by atoms with E-state index in [4.69, 9.17) is 14.2 Å². The van der Waals surface area contributed by atoms with E-state index in [-0.39, 0.29) is 17.3 Å².